The van der Waals surface area contributed by atoms with Gasteiger partial charge in [0.2, 0.25) is 5.88 Å². The molecule has 0 atom stereocenters. The minimum atomic E-state index is -0.589. The average Bonchev–Trinajstić information content (AvgIpc) is 3.12. The zero-order chi connectivity index (χ0) is 17.6. The van der Waals surface area contributed by atoms with Gasteiger partial charge in [-0.15, -0.1) is 0 Å². The molecule has 0 saturated carbocycles. The van der Waals surface area contributed by atoms with E-state index in [4.69, 9.17) is 11.6 Å². The van der Waals surface area contributed by atoms with Gasteiger partial charge in [-0.25, -0.2) is 8.96 Å². The summed E-state index contributed by atoms with van der Waals surface area (Å²) in [6, 6.07) is 11.4. The van der Waals surface area contributed by atoms with Gasteiger partial charge in [0.25, 0.3) is 0 Å². The topological polar surface area (TPSA) is 54.6 Å². The van der Waals surface area contributed by atoms with E-state index in [0.717, 1.165) is 38.8 Å². The summed E-state index contributed by atoms with van der Waals surface area (Å²) in [6.07, 6.45) is 3.39. The fourth-order valence-corrected chi connectivity index (χ4v) is 3.64. The molecule has 124 valence electrons. The molecule has 2 aromatic carbocycles. The quantitative estimate of drug-likeness (QED) is 0.711. The van der Waals surface area contributed by atoms with E-state index in [9.17, 15) is 14.3 Å². The van der Waals surface area contributed by atoms with Gasteiger partial charge in [0.05, 0.1) is 21.3 Å². The molecule has 7 heteroatoms. The summed E-state index contributed by atoms with van der Waals surface area (Å²) in [6.45, 7) is 0. The predicted molar refractivity (Wildman–Crippen MR) is 99.0 cm³/mol. The van der Waals surface area contributed by atoms with E-state index in [-0.39, 0.29) is 10.9 Å². The number of para-hydroxylation sites is 1. The lowest BCUT2D eigenvalue weighted by Gasteiger charge is -2.05. The highest BCUT2D eigenvalue weighted by molar-refractivity contribution is 7.10. The molecule has 25 heavy (non-hydrogen) atoms. The molecule has 0 aliphatic carbocycles. The molecule has 0 fully saturated rings. The maximum atomic E-state index is 13.3. The Balaban J connectivity index is 1.82. The summed E-state index contributed by atoms with van der Waals surface area (Å²) in [4.78, 5) is 16.6. The molecule has 0 spiro atoms. The molecule has 0 amide bonds. The van der Waals surface area contributed by atoms with Crippen molar-refractivity contribution < 1.29 is 9.50 Å². The zero-order valence-corrected chi connectivity index (χ0v) is 14.2. The number of allylic oxidation sites excluding steroid dienone is 1. The number of nitrogens with zero attached hydrogens (tertiary/aromatic N) is 2. The molecule has 0 radical (unpaired) electrons. The lowest BCUT2D eigenvalue weighted by atomic mass is 10.1. The number of benzene rings is 2. The lowest BCUT2D eigenvalue weighted by Crippen LogP contribution is -2.09. The smallest absolute Gasteiger partial charge is 0.315 e. The van der Waals surface area contributed by atoms with Gasteiger partial charge in [0, 0.05) is 17.4 Å². The Bertz CT molecular complexity index is 1110. The van der Waals surface area contributed by atoms with Gasteiger partial charge in [0.15, 0.2) is 0 Å². The van der Waals surface area contributed by atoms with E-state index in [2.05, 4.69) is 4.99 Å². The van der Waals surface area contributed by atoms with Crippen LogP contribution in [0.2, 0.25) is 5.02 Å². The van der Waals surface area contributed by atoms with Crippen molar-refractivity contribution in [2.45, 2.75) is 0 Å². The number of halogens is 2. The van der Waals surface area contributed by atoms with Crippen molar-refractivity contribution in [3.63, 3.8) is 0 Å². The Morgan fingerprint density at radius 2 is 2.04 bits per heavy atom. The molecule has 2 heterocycles. The van der Waals surface area contributed by atoms with Crippen molar-refractivity contribution >= 4 is 46.5 Å². The summed E-state index contributed by atoms with van der Waals surface area (Å²) in [5.41, 5.74) is 2.87. The number of aliphatic imine (C=N–C) groups is 1. The maximum absolute atomic E-state index is 13.3. The van der Waals surface area contributed by atoms with E-state index in [1.807, 2.05) is 24.3 Å². The molecule has 0 unspecified atom stereocenters. The van der Waals surface area contributed by atoms with Crippen molar-refractivity contribution in [2.75, 3.05) is 0 Å². The normalized spacial score (nSPS) is 14.2. The van der Waals surface area contributed by atoms with Crippen LogP contribution in [0.15, 0.2) is 52.3 Å². The zero-order valence-electron chi connectivity index (χ0n) is 12.6. The van der Waals surface area contributed by atoms with Crippen molar-refractivity contribution in [3.05, 3.63) is 73.4 Å². The van der Waals surface area contributed by atoms with Gasteiger partial charge in [-0.05, 0) is 30.3 Å². The summed E-state index contributed by atoms with van der Waals surface area (Å²) in [5.74, 6) is -0.808. The second-order valence-electron chi connectivity index (χ2n) is 5.36. The number of fused-ring (bicyclic) bond motifs is 1. The van der Waals surface area contributed by atoms with E-state index in [0.29, 0.717) is 10.6 Å². The molecular formula is C18H10ClFN2O2S. The van der Waals surface area contributed by atoms with Gasteiger partial charge < -0.3 is 5.11 Å². The number of thiazole rings is 1. The second kappa shape index (κ2) is 5.98. The van der Waals surface area contributed by atoms with Crippen molar-refractivity contribution in [3.8, 4) is 11.6 Å². The third-order valence-electron chi connectivity index (χ3n) is 3.82. The third-order valence-corrected chi connectivity index (χ3v) is 4.98. The van der Waals surface area contributed by atoms with Crippen LogP contribution >= 0.6 is 22.9 Å². The Morgan fingerprint density at radius 3 is 2.84 bits per heavy atom. The van der Waals surface area contributed by atoms with Gasteiger partial charge in [-0.2, -0.15) is 0 Å². The van der Waals surface area contributed by atoms with Gasteiger partial charge in [0.1, 0.15) is 5.82 Å². The molecule has 0 bridgehead atoms. The second-order valence-corrected chi connectivity index (χ2v) is 6.77. The number of aromatic nitrogens is 1. The highest BCUT2D eigenvalue weighted by Gasteiger charge is 2.18. The number of aromatic hydroxyl groups is 1. The minimum absolute atomic E-state index is 0.119. The largest absolute Gasteiger partial charge is 0.493 e. The first-order valence-corrected chi connectivity index (χ1v) is 8.49. The van der Waals surface area contributed by atoms with E-state index >= 15 is 0 Å². The SMILES string of the molecule is O=c1sc(/C=C2/C=Nc3ccccc32)c(O)n1-c1ccc(F)c(Cl)c1. The molecular weight excluding hydrogens is 363 g/mol. The first-order valence-electron chi connectivity index (χ1n) is 7.30. The molecule has 4 rings (SSSR count). The third kappa shape index (κ3) is 2.69. The van der Waals surface area contributed by atoms with E-state index in [1.165, 1.54) is 12.1 Å². The molecule has 3 aromatic rings. The molecule has 1 N–H and O–H groups in total. The first kappa shape index (κ1) is 15.8. The van der Waals surface area contributed by atoms with Gasteiger partial charge >= 0.3 is 4.87 Å². The van der Waals surface area contributed by atoms with Gasteiger partial charge in [-0.3, -0.25) is 9.79 Å². The van der Waals surface area contributed by atoms with Crippen LogP contribution in [0.25, 0.3) is 17.3 Å². The van der Waals surface area contributed by atoms with Crippen molar-refractivity contribution in [2.24, 2.45) is 4.99 Å². The molecule has 0 saturated heterocycles. The highest BCUT2D eigenvalue weighted by Crippen LogP contribution is 2.35. The standard InChI is InChI=1S/C18H10ClFN2O2S/c19-13-8-11(5-6-14(13)20)22-17(23)16(25-18(22)24)7-10-9-21-15-4-2-1-3-12(10)15/h1-9,23H/b10-7-. The number of rotatable bonds is 2. The van der Waals surface area contributed by atoms with Crippen LogP contribution in [0.3, 0.4) is 0 Å². The molecule has 1 aliphatic rings. The average molecular weight is 373 g/mol. The summed E-state index contributed by atoms with van der Waals surface area (Å²) < 4.78 is 14.4. The minimum Gasteiger partial charge on any atom is -0.493 e. The lowest BCUT2D eigenvalue weighted by molar-refractivity contribution is 0.440. The molecule has 1 aromatic heterocycles. The predicted octanol–water partition coefficient (Wildman–Crippen LogP) is 4.65. The van der Waals surface area contributed by atoms with E-state index in [1.54, 1.807) is 12.3 Å². The Kier molecular flexibility index (Phi) is 3.78. The molecule has 1 aliphatic heterocycles. The maximum Gasteiger partial charge on any atom is 0.315 e. The fourth-order valence-electron chi connectivity index (χ4n) is 2.62. The van der Waals surface area contributed by atoms with Crippen LogP contribution in [0.4, 0.5) is 10.1 Å². The molecule has 4 nitrogen and oxygen atoms in total. The van der Waals surface area contributed by atoms with Crippen LogP contribution in [0, 0.1) is 5.82 Å². The summed E-state index contributed by atoms with van der Waals surface area (Å²) in [7, 11) is 0. The Morgan fingerprint density at radius 1 is 1.24 bits per heavy atom. The monoisotopic (exact) mass is 372 g/mol. The Hall–Kier alpha value is -2.70. The van der Waals surface area contributed by atoms with Crippen LogP contribution in [0.1, 0.15) is 10.4 Å². The fraction of sp³-hybridized carbons (Fsp3) is 0. The first-order chi connectivity index (χ1) is 12.0. The number of hydrogen-bond acceptors (Lipinski definition) is 4. The summed E-state index contributed by atoms with van der Waals surface area (Å²) in [5, 5.41) is 10.4. The van der Waals surface area contributed by atoms with E-state index < -0.39 is 10.7 Å². The summed E-state index contributed by atoms with van der Waals surface area (Å²) >= 11 is 6.66. The van der Waals surface area contributed by atoms with Crippen LogP contribution in [0.5, 0.6) is 5.88 Å². The highest BCUT2D eigenvalue weighted by atomic mass is 35.5. The van der Waals surface area contributed by atoms with Gasteiger partial charge in [-0.1, -0.05) is 41.1 Å². The Labute approximate surface area is 150 Å². The number of hydrogen-bond donors (Lipinski definition) is 1. The van der Waals surface area contributed by atoms with Crippen LogP contribution in [-0.4, -0.2) is 15.9 Å². The van der Waals surface area contributed by atoms with Crippen LogP contribution in [-0.2, 0) is 0 Å². The van der Waals surface area contributed by atoms with Crippen molar-refractivity contribution in [1.82, 2.24) is 4.57 Å². The van der Waals surface area contributed by atoms with Crippen LogP contribution < -0.4 is 4.87 Å². The van der Waals surface area contributed by atoms with Crippen molar-refractivity contribution in [1.29, 1.82) is 0 Å².